The van der Waals surface area contributed by atoms with Gasteiger partial charge < -0.3 is 5.32 Å². The van der Waals surface area contributed by atoms with Crippen molar-refractivity contribution in [3.8, 4) is 5.69 Å². The van der Waals surface area contributed by atoms with Crippen LogP contribution in [0.2, 0.25) is 10.0 Å². The van der Waals surface area contributed by atoms with Gasteiger partial charge in [0.05, 0.1) is 17.4 Å². The molecule has 1 amide bonds. The summed E-state index contributed by atoms with van der Waals surface area (Å²) >= 11 is 11.8. The molecular formula is C16H11Cl2N3O. The summed E-state index contributed by atoms with van der Waals surface area (Å²) in [7, 11) is 0. The molecule has 1 N–H and O–H groups in total. The van der Waals surface area contributed by atoms with E-state index in [1.54, 1.807) is 29.1 Å². The maximum atomic E-state index is 12.2. The summed E-state index contributed by atoms with van der Waals surface area (Å²) in [6, 6.07) is 14.4. The van der Waals surface area contributed by atoms with E-state index in [0.29, 0.717) is 21.3 Å². The Hall–Kier alpha value is -2.30. The molecule has 4 nitrogen and oxygen atoms in total. The molecule has 3 aromatic rings. The average Bonchev–Trinajstić information content (AvgIpc) is 2.97. The third-order valence-electron chi connectivity index (χ3n) is 2.99. The maximum Gasteiger partial charge on any atom is 0.258 e. The van der Waals surface area contributed by atoms with Crippen LogP contribution >= 0.6 is 23.2 Å². The van der Waals surface area contributed by atoms with Gasteiger partial charge in [-0.3, -0.25) is 4.79 Å². The predicted octanol–water partition coefficient (Wildman–Crippen LogP) is 4.43. The van der Waals surface area contributed by atoms with Crippen molar-refractivity contribution in [3.63, 3.8) is 0 Å². The van der Waals surface area contributed by atoms with Crippen LogP contribution in [0.4, 0.5) is 5.69 Å². The third-order valence-corrected chi connectivity index (χ3v) is 3.42. The zero-order chi connectivity index (χ0) is 15.5. The van der Waals surface area contributed by atoms with Gasteiger partial charge in [-0.1, -0.05) is 41.4 Å². The topological polar surface area (TPSA) is 46.9 Å². The molecule has 0 aliphatic rings. The van der Waals surface area contributed by atoms with E-state index < -0.39 is 0 Å². The Morgan fingerprint density at radius 3 is 2.41 bits per heavy atom. The third kappa shape index (κ3) is 3.30. The fourth-order valence-electron chi connectivity index (χ4n) is 1.99. The van der Waals surface area contributed by atoms with E-state index in [-0.39, 0.29) is 5.91 Å². The quantitative estimate of drug-likeness (QED) is 0.771. The fraction of sp³-hybridized carbons (Fsp3) is 0. The van der Waals surface area contributed by atoms with Gasteiger partial charge in [-0.2, -0.15) is 5.10 Å². The first-order valence-electron chi connectivity index (χ1n) is 6.49. The first kappa shape index (κ1) is 14.6. The van der Waals surface area contributed by atoms with E-state index in [1.165, 1.54) is 6.20 Å². The van der Waals surface area contributed by atoms with Crippen molar-refractivity contribution in [3.05, 3.63) is 76.5 Å². The van der Waals surface area contributed by atoms with E-state index >= 15 is 0 Å². The van der Waals surface area contributed by atoms with E-state index in [2.05, 4.69) is 10.4 Å². The highest BCUT2D eigenvalue weighted by molar-refractivity contribution is 6.35. The van der Waals surface area contributed by atoms with Crippen LogP contribution < -0.4 is 5.32 Å². The number of carbonyl (C=O) groups is 1. The van der Waals surface area contributed by atoms with E-state index in [9.17, 15) is 4.79 Å². The van der Waals surface area contributed by atoms with E-state index in [4.69, 9.17) is 23.2 Å². The van der Waals surface area contributed by atoms with Crippen LogP contribution in [0.25, 0.3) is 5.69 Å². The molecule has 3 rings (SSSR count). The number of hydrogen-bond donors (Lipinski definition) is 1. The van der Waals surface area contributed by atoms with Crippen LogP contribution in [0, 0.1) is 0 Å². The number of nitrogens with one attached hydrogen (secondary N) is 1. The molecule has 6 heteroatoms. The standard InChI is InChI=1S/C16H11Cl2N3O/c17-12-6-13(18)8-14(7-12)20-16(22)11-9-19-21(10-11)15-4-2-1-3-5-15/h1-10H,(H,20,22). The number of rotatable bonds is 3. The summed E-state index contributed by atoms with van der Waals surface area (Å²) in [6.45, 7) is 0. The summed E-state index contributed by atoms with van der Waals surface area (Å²) in [6.07, 6.45) is 3.17. The van der Waals surface area contributed by atoms with Crippen molar-refractivity contribution in [2.45, 2.75) is 0 Å². The number of nitrogens with zero attached hydrogens (tertiary/aromatic N) is 2. The smallest absolute Gasteiger partial charge is 0.258 e. The number of benzene rings is 2. The second kappa shape index (κ2) is 6.22. The molecule has 110 valence electrons. The normalized spacial score (nSPS) is 10.5. The highest BCUT2D eigenvalue weighted by atomic mass is 35.5. The van der Waals surface area contributed by atoms with Crippen molar-refractivity contribution in [1.82, 2.24) is 9.78 Å². The molecule has 22 heavy (non-hydrogen) atoms. The molecule has 0 saturated heterocycles. The monoisotopic (exact) mass is 331 g/mol. The molecule has 0 unspecified atom stereocenters. The lowest BCUT2D eigenvalue weighted by molar-refractivity contribution is 0.102. The minimum absolute atomic E-state index is 0.277. The first-order valence-corrected chi connectivity index (χ1v) is 7.25. The minimum Gasteiger partial charge on any atom is -0.322 e. The van der Waals surface area contributed by atoms with Gasteiger partial charge in [0.25, 0.3) is 5.91 Å². The molecular weight excluding hydrogens is 321 g/mol. The van der Waals surface area contributed by atoms with Crippen LogP contribution in [-0.4, -0.2) is 15.7 Å². The van der Waals surface area contributed by atoms with Crippen molar-refractivity contribution in [1.29, 1.82) is 0 Å². The van der Waals surface area contributed by atoms with Gasteiger partial charge in [-0.25, -0.2) is 4.68 Å². The maximum absolute atomic E-state index is 12.2. The Kier molecular flexibility index (Phi) is 4.13. The van der Waals surface area contributed by atoms with Gasteiger partial charge in [-0.05, 0) is 30.3 Å². The second-order valence-electron chi connectivity index (χ2n) is 4.62. The van der Waals surface area contributed by atoms with E-state index in [1.807, 2.05) is 30.3 Å². The predicted molar refractivity (Wildman–Crippen MR) is 88.0 cm³/mol. The van der Waals surface area contributed by atoms with Gasteiger partial charge in [-0.15, -0.1) is 0 Å². The lowest BCUT2D eigenvalue weighted by Crippen LogP contribution is -2.11. The molecule has 0 radical (unpaired) electrons. The number of para-hydroxylation sites is 1. The molecule has 0 spiro atoms. The van der Waals surface area contributed by atoms with Crippen molar-refractivity contribution < 1.29 is 4.79 Å². The van der Waals surface area contributed by atoms with Gasteiger partial charge in [0.2, 0.25) is 0 Å². The van der Waals surface area contributed by atoms with Gasteiger partial charge >= 0.3 is 0 Å². The van der Waals surface area contributed by atoms with Crippen LogP contribution in [0.15, 0.2) is 60.9 Å². The van der Waals surface area contributed by atoms with Gasteiger partial charge in [0, 0.05) is 21.9 Å². The summed E-state index contributed by atoms with van der Waals surface area (Å²) < 4.78 is 1.64. The average molecular weight is 332 g/mol. The van der Waals surface area contributed by atoms with Crippen LogP contribution in [0.3, 0.4) is 0 Å². The molecule has 1 heterocycles. The number of carbonyl (C=O) groups excluding carboxylic acids is 1. The second-order valence-corrected chi connectivity index (χ2v) is 5.49. The molecule has 1 aromatic heterocycles. The number of halogens is 2. The SMILES string of the molecule is O=C(Nc1cc(Cl)cc(Cl)c1)c1cnn(-c2ccccc2)c1. The van der Waals surface area contributed by atoms with E-state index in [0.717, 1.165) is 5.69 Å². The number of hydrogen-bond acceptors (Lipinski definition) is 2. The highest BCUT2D eigenvalue weighted by Crippen LogP contribution is 2.23. The molecule has 0 atom stereocenters. The highest BCUT2D eigenvalue weighted by Gasteiger charge is 2.10. The molecule has 0 aliphatic heterocycles. The van der Waals surface area contributed by atoms with Crippen molar-refractivity contribution >= 4 is 34.8 Å². The molecule has 0 aliphatic carbocycles. The lowest BCUT2D eigenvalue weighted by atomic mass is 10.3. The van der Waals surface area contributed by atoms with Crippen LogP contribution in [-0.2, 0) is 0 Å². The van der Waals surface area contributed by atoms with Crippen molar-refractivity contribution in [2.24, 2.45) is 0 Å². The summed E-state index contributed by atoms with van der Waals surface area (Å²) in [4.78, 5) is 12.2. The Bertz CT molecular complexity index is 795. The Morgan fingerprint density at radius 1 is 1.05 bits per heavy atom. The van der Waals surface area contributed by atoms with Gasteiger partial charge in [0.15, 0.2) is 0 Å². The molecule has 0 fully saturated rings. The summed E-state index contributed by atoms with van der Waals surface area (Å²) in [5, 5.41) is 7.85. The number of anilines is 1. The Morgan fingerprint density at radius 2 is 1.73 bits per heavy atom. The number of aromatic nitrogens is 2. The Balaban J connectivity index is 1.80. The number of amides is 1. The summed E-state index contributed by atoms with van der Waals surface area (Å²) in [5.41, 5.74) is 1.86. The zero-order valence-corrected chi connectivity index (χ0v) is 12.8. The lowest BCUT2D eigenvalue weighted by Gasteiger charge is -2.04. The fourth-order valence-corrected chi connectivity index (χ4v) is 2.52. The van der Waals surface area contributed by atoms with Gasteiger partial charge in [0.1, 0.15) is 0 Å². The Labute approximate surface area is 137 Å². The molecule has 0 saturated carbocycles. The van der Waals surface area contributed by atoms with Crippen LogP contribution in [0.1, 0.15) is 10.4 Å². The molecule has 2 aromatic carbocycles. The zero-order valence-electron chi connectivity index (χ0n) is 11.3. The van der Waals surface area contributed by atoms with Crippen LogP contribution in [0.5, 0.6) is 0 Å². The minimum atomic E-state index is -0.277. The first-order chi connectivity index (χ1) is 10.6. The largest absolute Gasteiger partial charge is 0.322 e. The van der Waals surface area contributed by atoms with Crippen molar-refractivity contribution in [2.75, 3.05) is 5.32 Å². The summed E-state index contributed by atoms with van der Waals surface area (Å²) in [5.74, 6) is -0.277. The molecule has 0 bridgehead atoms.